The van der Waals surface area contributed by atoms with E-state index in [0.29, 0.717) is 18.7 Å². The summed E-state index contributed by atoms with van der Waals surface area (Å²) in [5.74, 6) is -0.247. The number of aliphatic imine (C=N–C) groups is 1. The van der Waals surface area contributed by atoms with Gasteiger partial charge >= 0.3 is 5.97 Å². The average molecular weight is 330 g/mol. The fourth-order valence-electron chi connectivity index (χ4n) is 2.47. The molecule has 0 fully saturated rings. The molecule has 0 aromatic heterocycles. The molecule has 1 aromatic carbocycles. The van der Waals surface area contributed by atoms with Crippen molar-refractivity contribution in [2.45, 2.75) is 51.0 Å². The summed E-state index contributed by atoms with van der Waals surface area (Å²) in [4.78, 5) is 16.5. The molecule has 0 saturated heterocycles. The summed E-state index contributed by atoms with van der Waals surface area (Å²) in [6.45, 7) is 7.46. The number of nitrogens with zero attached hydrogens (tertiary/aromatic N) is 1. The molecule has 23 heavy (non-hydrogen) atoms. The first-order valence-electron chi connectivity index (χ1n) is 8.39. The van der Waals surface area contributed by atoms with Crippen LogP contribution in [0.25, 0.3) is 0 Å². The van der Waals surface area contributed by atoms with Gasteiger partial charge in [-0.3, -0.25) is 4.99 Å². The SMILES string of the molecule is C[Si](C)(C)C/C=C/CCCC1=N[C@H](c2ccccc2)COC1=O. The van der Waals surface area contributed by atoms with Gasteiger partial charge in [-0.1, -0.05) is 62.1 Å². The summed E-state index contributed by atoms with van der Waals surface area (Å²) < 4.78 is 5.30. The van der Waals surface area contributed by atoms with Crippen LogP contribution < -0.4 is 0 Å². The molecule has 1 heterocycles. The van der Waals surface area contributed by atoms with E-state index < -0.39 is 8.07 Å². The van der Waals surface area contributed by atoms with Gasteiger partial charge in [-0.25, -0.2) is 4.79 Å². The first-order valence-corrected chi connectivity index (χ1v) is 12.1. The number of esters is 1. The number of benzene rings is 1. The highest BCUT2D eigenvalue weighted by Gasteiger charge is 2.23. The first kappa shape index (κ1) is 17.7. The number of cyclic esters (lactones) is 1. The first-order chi connectivity index (χ1) is 11.0. The lowest BCUT2D eigenvalue weighted by molar-refractivity contribution is -0.137. The van der Waals surface area contributed by atoms with Crippen LogP contribution in [0, 0.1) is 0 Å². The maximum atomic E-state index is 11.9. The van der Waals surface area contributed by atoms with Crippen molar-refractivity contribution in [2.24, 2.45) is 4.99 Å². The Morgan fingerprint density at radius 1 is 1.22 bits per heavy atom. The van der Waals surface area contributed by atoms with Gasteiger partial charge in [0, 0.05) is 8.07 Å². The maximum Gasteiger partial charge on any atom is 0.352 e. The molecule has 1 aromatic rings. The van der Waals surface area contributed by atoms with E-state index in [9.17, 15) is 4.79 Å². The smallest absolute Gasteiger partial charge is 0.352 e. The van der Waals surface area contributed by atoms with Gasteiger partial charge in [-0.05, 0) is 30.9 Å². The standard InChI is InChI=1S/C19H27NO2Si/c1-23(2,3)14-10-5-4-9-13-17-19(21)22-15-18(20-17)16-11-7-6-8-12-16/h5-8,10-12,18H,4,9,13-15H2,1-3H3/b10-5+/t18-/m0/s1. The highest BCUT2D eigenvalue weighted by atomic mass is 28.3. The molecule has 0 N–H and O–H groups in total. The molecule has 4 heteroatoms. The Morgan fingerprint density at radius 2 is 1.96 bits per heavy atom. The van der Waals surface area contributed by atoms with Gasteiger partial charge < -0.3 is 4.74 Å². The Bertz CT molecular complexity index is 573. The van der Waals surface area contributed by atoms with Gasteiger partial charge in [0.15, 0.2) is 0 Å². The lowest BCUT2D eigenvalue weighted by Crippen LogP contribution is -2.26. The fraction of sp³-hybridized carbons (Fsp3) is 0.474. The third kappa shape index (κ3) is 6.14. The second-order valence-corrected chi connectivity index (χ2v) is 12.8. The molecule has 124 valence electrons. The zero-order chi connectivity index (χ0) is 16.7. The molecule has 0 bridgehead atoms. The van der Waals surface area contributed by atoms with Crippen molar-refractivity contribution < 1.29 is 9.53 Å². The van der Waals surface area contributed by atoms with E-state index >= 15 is 0 Å². The van der Waals surface area contributed by atoms with Crippen LogP contribution in [0.1, 0.15) is 30.9 Å². The molecule has 0 radical (unpaired) electrons. The fourth-order valence-corrected chi connectivity index (χ4v) is 3.34. The normalized spacial score (nSPS) is 18.8. The summed E-state index contributed by atoms with van der Waals surface area (Å²) in [5.41, 5.74) is 1.69. The van der Waals surface area contributed by atoms with Crippen molar-refractivity contribution >= 4 is 19.8 Å². The number of hydrogen-bond donors (Lipinski definition) is 0. The molecule has 0 unspecified atom stereocenters. The van der Waals surface area contributed by atoms with E-state index in [0.717, 1.165) is 18.4 Å². The Balaban J connectivity index is 1.85. The third-order valence-corrected chi connectivity index (χ3v) is 5.25. The van der Waals surface area contributed by atoms with E-state index in [1.54, 1.807) is 0 Å². The highest BCUT2D eigenvalue weighted by molar-refractivity contribution is 6.76. The van der Waals surface area contributed by atoms with Gasteiger partial charge in [-0.15, -0.1) is 0 Å². The Morgan fingerprint density at radius 3 is 2.65 bits per heavy atom. The maximum absolute atomic E-state index is 11.9. The molecule has 1 aliphatic rings. The van der Waals surface area contributed by atoms with Gasteiger partial charge in [0.05, 0.1) is 0 Å². The second kappa shape index (κ2) is 8.25. The number of rotatable bonds is 7. The number of unbranched alkanes of at least 4 members (excludes halogenated alkanes) is 1. The predicted octanol–water partition coefficient (Wildman–Crippen LogP) is 4.79. The summed E-state index contributed by atoms with van der Waals surface area (Å²) in [6, 6.07) is 11.2. The minimum absolute atomic E-state index is 0.0497. The highest BCUT2D eigenvalue weighted by Crippen LogP contribution is 2.22. The largest absolute Gasteiger partial charge is 0.459 e. The van der Waals surface area contributed by atoms with Crippen molar-refractivity contribution in [1.82, 2.24) is 0 Å². The van der Waals surface area contributed by atoms with Gasteiger partial charge in [-0.2, -0.15) is 0 Å². The van der Waals surface area contributed by atoms with E-state index in [1.807, 2.05) is 30.3 Å². The summed E-state index contributed by atoms with van der Waals surface area (Å²) in [7, 11) is -0.992. The van der Waals surface area contributed by atoms with Gasteiger partial charge in [0.1, 0.15) is 18.4 Å². The van der Waals surface area contributed by atoms with Gasteiger partial charge in [0.2, 0.25) is 0 Å². The van der Waals surface area contributed by atoms with Crippen LogP contribution >= 0.6 is 0 Å². The van der Waals surface area contributed by atoms with Crippen molar-refractivity contribution in [3.05, 3.63) is 48.0 Å². The lowest BCUT2D eigenvalue weighted by Gasteiger charge is -2.20. The lowest BCUT2D eigenvalue weighted by atomic mass is 10.1. The second-order valence-electron chi connectivity index (χ2n) is 7.23. The van der Waals surface area contributed by atoms with Crippen LogP contribution in [0.15, 0.2) is 47.5 Å². The summed E-state index contributed by atoms with van der Waals surface area (Å²) in [5, 5.41) is 0. The minimum atomic E-state index is -0.992. The zero-order valence-electron chi connectivity index (χ0n) is 14.4. The van der Waals surface area contributed by atoms with Crippen molar-refractivity contribution in [3.8, 4) is 0 Å². The Labute approximate surface area is 140 Å². The number of hydrogen-bond acceptors (Lipinski definition) is 3. The summed E-state index contributed by atoms with van der Waals surface area (Å²) >= 11 is 0. The quantitative estimate of drug-likeness (QED) is 0.312. The molecule has 0 aliphatic carbocycles. The molecule has 1 atom stereocenters. The number of ether oxygens (including phenoxy) is 1. The van der Waals surface area contributed by atoms with E-state index in [4.69, 9.17) is 4.74 Å². The van der Waals surface area contributed by atoms with Crippen LogP contribution in [-0.4, -0.2) is 26.4 Å². The molecular weight excluding hydrogens is 302 g/mol. The average Bonchev–Trinajstić information content (AvgIpc) is 2.52. The van der Waals surface area contributed by atoms with Crippen molar-refractivity contribution in [1.29, 1.82) is 0 Å². The molecule has 0 saturated carbocycles. The molecular formula is C19H27NO2Si. The zero-order valence-corrected chi connectivity index (χ0v) is 15.4. The van der Waals surface area contributed by atoms with E-state index in [1.165, 1.54) is 6.04 Å². The monoisotopic (exact) mass is 329 g/mol. The molecule has 2 rings (SSSR count). The predicted molar refractivity (Wildman–Crippen MR) is 98.7 cm³/mol. The number of carbonyl (C=O) groups excluding carboxylic acids is 1. The molecule has 3 nitrogen and oxygen atoms in total. The number of allylic oxidation sites excluding steroid dienone is 2. The third-order valence-electron chi connectivity index (χ3n) is 3.79. The van der Waals surface area contributed by atoms with Crippen LogP contribution in [-0.2, 0) is 9.53 Å². The molecule has 1 aliphatic heterocycles. The van der Waals surface area contributed by atoms with Crippen molar-refractivity contribution in [3.63, 3.8) is 0 Å². The summed E-state index contributed by atoms with van der Waals surface area (Å²) in [6.07, 6.45) is 7.16. The van der Waals surface area contributed by atoms with E-state index in [-0.39, 0.29) is 12.0 Å². The van der Waals surface area contributed by atoms with Crippen LogP contribution in [0.3, 0.4) is 0 Å². The van der Waals surface area contributed by atoms with E-state index in [2.05, 4.69) is 36.8 Å². The Hall–Kier alpha value is -1.68. The minimum Gasteiger partial charge on any atom is -0.459 e. The molecule has 0 spiro atoms. The topological polar surface area (TPSA) is 38.7 Å². The van der Waals surface area contributed by atoms with Crippen LogP contribution in [0.4, 0.5) is 0 Å². The van der Waals surface area contributed by atoms with Crippen molar-refractivity contribution in [2.75, 3.05) is 6.61 Å². The van der Waals surface area contributed by atoms with Crippen LogP contribution in [0.2, 0.25) is 25.7 Å². The Kier molecular flexibility index (Phi) is 6.34. The molecule has 0 amide bonds. The van der Waals surface area contributed by atoms with Gasteiger partial charge in [0.25, 0.3) is 0 Å². The number of carbonyl (C=O) groups is 1. The van der Waals surface area contributed by atoms with Crippen LogP contribution in [0.5, 0.6) is 0 Å².